The Hall–Kier alpha value is -1.62. The molecule has 0 aliphatic carbocycles. The van der Waals surface area contributed by atoms with Crippen molar-refractivity contribution >= 4 is 21.7 Å². The van der Waals surface area contributed by atoms with Gasteiger partial charge in [0.15, 0.2) is 0 Å². The van der Waals surface area contributed by atoms with Gasteiger partial charge in [0.1, 0.15) is 11.6 Å². The first kappa shape index (κ1) is 11.9. The van der Waals surface area contributed by atoms with Gasteiger partial charge >= 0.3 is 0 Å². The van der Waals surface area contributed by atoms with Crippen LogP contribution in [-0.2, 0) is 0 Å². The average molecular weight is 298 g/mol. The molecule has 0 atom stereocenters. The third kappa shape index (κ3) is 2.39. The highest BCUT2D eigenvalue weighted by molar-refractivity contribution is 9.10. The van der Waals surface area contributed by atoms with E-state index in [1.54, 1.807) is 0 Å². The molecule has 0 spiro atoms. The van der Waals surface area contributed by atoms with E-state index in [2.05, 4.69) is 20.9 Å². The molecule has 0 saturated heterocycles. The molecule has 0 bridgehead atoms. The second-order valence-electron chi connectivity index (χ2n) is 3.32. The topological polar surface area (TPSA) is 30.0 Å². The van der Waals surface area contributed by atoms with Crippen LogP contribution < -0.4 is 0 Å². The minimum absolute atomic E-state index is 0.128. The average Bonchev–Trinajstić information content (AvgIpc) is 2.28. The summed E-state index contributed by atoms with van der Waals surface area (Å²) in [5.41, 5.74) is -0.434. The van der Waals surface area contributed by atoms with Gasteiger partial charge < -0.3 is 0 Å². The summed E-state index contributed by atoms with van der Waals surface area (Å²) < 4.78 is 27.4. The molecular weight excluding hydrogens is 292 g/mol. The highest BCUT2D eigenvalue weighted by Crippen LogP contribution is 2.18. The molecule has 1 aromatic heterocycles. The molecule has 86 valence electrons. The third-order valence-corrected chi connectivity index (χ3v) is 2.59. The molecule has 1 heterocycles. The second-order valence-corrected chi connectivity index (χ2v) is 4.23. The number of carbonyl (C=O) groups is 1. The molecule has 0 fully saturated rings. The van der Waals surface area contributed by atoms with Crippen LogP contribution in [0.5, 0.6) is 0 Å². The minimum atomic E-state index is -0.880. The highest BCUT2D eigenvalue weighted by Gasteiger charge is 2.18. The molecule has 2 rings (SSSR count). The van der Waals surface area contributed by atoms with E-state index in [4.69, 9.17) is 0 Å². The lowest BCUT2D eigenvalue weighted by Gasteiger charge is -2.04. The van der Waals surface area contributed by atoms with Crippen molar-refractivity contribution < 1.29 is 13.6 Å². The lowest BCUT2D eigenvalue weighted by Crippen LogP contribution is -2.07. The van der Waals surface area contributed by atoms with Crippen LogP contribution in [-0.4, -0.2) is 10.8 Å². The van der Waals surface area contributed by atoms with Gasteiger partial charge in [-0.1, -0.05) is 6.07 Å². The first-order valence-corrected chi connectivity index (χ1v) is 5.48. The third-order valence-electron chi connectivity index (χ3n) is 2.16. The van der Waals surface area contributed by atoms with E-state index in [0.717, 1.165) is 12.1 Å². The molecule has 2 aromatic rings. The molecule has 0 unspecified atom stereocenters. The quantitative estimate of drug-likeness (QED) is 0.796. The Labute approximate surface area is 104 Å². The Morgan fingerprint density at radius 2 is 1.82 bits per heavy atom. The number of ketones is 1. The van der Waals surface area contributed by atoms with E-state index in [1.165, 1.54) is 24.5 Å². The van der Waals surface area contributed by atoms with Crippen LogP contribution in [0.2, 0.25) is 0 Å². The number of hydrogen-bond acceptors (Lipinski definition) is 2. The van der Waals surface area contributed by atoms with Gasteiger partial charge in [0.2, 0.25) is 5.78 Å². The SMILES string of the molecule is O=C(c1cncc(Br)c1)c1c(F)cccc1F. The van der Waals surface area contributed by atoms with Crippen molar-refractivity contribution in [3.05, 3.63) is 63.9 Å². The van der Waals surface area contributed by atoms with Gasteiger partial charge in [-0.3, -0.25) is 9.78 Å². The Bertz CT molecular complexity index is 566. The Morgan fingerprint density at radius 1 is 1.18 bits per heavy atom. The monoisotopic (exact) mass is 297 g/mol. The Morgan fingerprint density at radius 3 is 2.41 bits per heavy atom. The predicted octanol–water partition coefficient (Wildman–Crippen LogP) is 3.35. The van der Waals surface area contributed by atoms with Gasteiger partial charge in [0.25, 0.3) is 0 Å². The minimum Gasteiger partial charge on any atom is -0.288 e. The summed E-state index contributed by atoms with van der Waals surface area (Å²) in [5, 5.41) is 0. The maximum absolute atomic E-state index is 13.4. The molecule has 1 aromatic carbocycles. The number of carbonyl (C=O) groups excluding carboxylic acids is 1. The fourth-order valence-corrected chi connectivity index (χ4v) is 1.76. The first-order chi connectivity index (χ1) is 8.09. The summed E-state index contributed by atoms with van der Waals surface area (Å²) in [6.07, 6.45) is 2.74. The van der Waals surface area contributed by atoms with Crippen molar-refractivity contribution in [3.8, 4) is 0 Å². The smallest absolute Gasteiger partial charge is 0.200 e. The zero-order chi connectivity index (χ0) is 12.4. The van der Waals surface area contributed by atoms with E-state index >= 15 is 0 Å². The van der Waals surface area contributed by atoms with E-state index in [1.807, 2.05) is 0 Å². The van der Waals surface area contributed by atoms with Crippen LogP contribution >= 0.6 is 15.9 Å². The second kappa shape index (κ2) is 4.71. The van der Waals surface area contributed by atoms with Crippen LogP contribution in [0.3, 0.4) is 0 Å². The fraction of sp³-hybridized carbons (Fsp3) is 0. The summed E-state index contributed by atoms with van der Waals surface area (Å²) in [6.45, 7) is 0. The molecule has 2 nitrogen and oxygen atoms in total. The van der Waals surface area contributed by atoms with Crippen molar-refractivity contribution in [2.45, 2.75) is 0 Å². The summed E-state index contributed by atoms with van der Waals surface area (Å²) in [6, 6.07) is 4.76. The van der Waals surface area contributed by atoms with Gasteiger partial charge in [-0.15, -0.1) is 0 Å². The van der Waals surface area contributed by atoms with Crippen molar-refractivity contribution in [1.82, 2.24) is 4.98 Å². The van der Waals surface area contributed by atoms with Crippen molar-refractivity contribution in [1.29, 1.82) is 0 Å². The normalized spacial score (nSPS) is 10.3. The van der Waals surface area contributed by atoms with Crippen molar-refractivity contribution in [3.63, 3.8) is 0 Å². The lowest BCUT2D eigenvalue weighted by atomic mass is 10.0. The molecule has 0 saturated carbocycles. The van der Waals surface area contributed by atoms with Crippen LogP contribution in [0.4, 0.5) is 8.78 Å². The maximum Gasteiger partial charge on any atom is 0.200 e. The molecule has 5 heteroatoms. The van der Waals surface area contributed by atoms with Gasteiger partial charge in [-0.2, -0.15) is 0 Å². The molecule has 17 heavy (non-hydrogen) atoms. The first-order valence-electron chi connectivity index (χ1n) is 4.69. The molecular formula is C12H6BrF2NO. The van der Waals surface area contributed by atoms with E-state index < -0.39 is 23.0 Å². The predicted molar refractivity (Wildman–Crippen MR) is 61.7 cm³/mol. The van der Waals surface area contributed by atoms with Crippen molar-refractivity contribution in [2.24, 2.45) is 0 Å². The molecule has 0 N–H and O–H groups in total. The zero-order valence-corrected chi connectivity index (χ0v) is 10.0. The van der Waals surface area contributed by atoms with Crippen LogP contribution in [0.15, 0.2) is 41.1 Å². The molecule has 0 amide bonds. The largest absolute Gasteiger partial charge is 0.288 e. The van der Waals surface area contributed by atoms with Gasteiger partial charge in [0, 0.05) is 22.4 Å². The maximum atomic E-state index is 13.4. The summed E-state index contributed by atoms with van der Waals surface area (Å²) in [5.74, 6) is -2.49. The van der Waals surface area contributed by atoms with Crippen LogP contribution in [0.25, 0.3) is 0 Å². The number of hydrogen-bond donors (Lipinski definition) is 0. The standard InChI is InChI=1S/C12H6BrF2NO/c13-8-4-7(5-16-6-8)12(17)11-9(14)2-1-3-10(11)15/h1-6H. The summed E-state index contributed by atoms with van der Waals surface area (Å²) in [7, 11) is 0. The number of aromatic nitrogens is 1. The van der Waals surface area contributed by atoms with Crippen molar-refractivity contribution in [2.75, 3.05) is 0 Å². The number of benzene rings is 1. The highest BCUT2D eigenvalue weighted by atomic mass is 79.9. The van der Waals surface area contributed by atoms with E-state index in [-0.39, 0.29) is 5.56 Å². The number of nitrogens with zero attached hydrogens (tertiary/aromatic N) is 1. The fourth-order valence-electron chi connectivity index (χ4n) is 1.40. The number of rotatable bonds is 2. The van der Waals surface area contributed by atoms with E-state index in [0.29, 0.717) is 4.47 Å². The molecule has 0 aliphatic rings. The van der Waals surface area contributed by atoms with Crippen LogP contribution in [0.1, 0.15) is 15.9 Å². The Balaban J connectivity index is 2.51. The van der Waals surface area contributed by atoms with E-state index in [9.17, 15) is 13.6 Å². The van der Waals surface area contributed by atoms with Gasteiger partial charge in [-0.05, 0) is 34.1 Å². The van der Waals surface area contributed by atoms with Gasteiger partial charge in [-0.25, -0.2) is 8.78 Å². The Kier molecular flexibility index (Phi) is 3.28. The lowest BCUT2D eigenvalue weighted by molar-refractivity contribution is 0.103. The van der Waals surface area contributed by atoms with Gasteiger partial charge in [0.05, 0.1) is 5.56 Å². The zero-order valence-electron chi connectivity index (χ0n) is 8.45. The number of halogens is 3. The summed E-state index contributed by atoms with van der Waals surface area (Å²) in [4.78, 5) is 15.7. The van der Waals surface area contributed by atoms with Crippen LogP contribution in [0, 0.1) is 11.6 Å². The number of pyridine rings is 1. The summed E-state index contributed by atoms with van der Waals surface area (Å²) >= 11 is 3.14. The molecule has 0 radical (unpaired) electrons. The molecule has 0 aliphatic heterocycles.